The number of aromatic nitrogens is 1. The number of fused-ring (bicyclic) bond motifs is 1. The van der Waals surface area contributed by atoms with Crippen LogP contribution in [0.4, 0.5) is 8.78 Å². The Morgan fingerprint density at radius 3 is 2.75 bits per heavy atom. The molecular weight excluding hydrogens is 212 g/mol. The summed E-state index contributed by atoms with van der Waals surface area (Å²) in [5.74, 6) is -2.91. The first-order valence-corrected chi connectivity index (χ1v) is 5.05. The van der Waals surface area contributed by atoms with E-state index < -0.39 is 5.92 Å². The van der Waals surface area contributed by atoms with Crippen LogP contribution in [0.2, 0.25) is 0 Å². The molecule has 0 amide bonds. The Morgan fingerprint density at radius 2 is 2.06 bits per heavy atom. The third kappa shape index (κ3) is 1.60. The Balaban J connectivity index is 2.82. The Morgan fingerprint density at radius 1 is 1.31 bits per heavy atom. The molecule has 0 unspecified atom stereocenters. The molecule has 0 fully saturated rings. The summed E-state index contributed by atoms with van der Waals surface area (Å²) in [6.07, 6.45) is 1.10. The molecule has 2 aromatic rings. The minimum absolute atomic E-state index is 0.120. The molecule has 16 heavy (non-hydrogen) atoms. The van der Waals surface area contributed by atoms with Gasteiger partial charge in [-0.3, -0.25) is 4.79 Å². The van der Waals surface area contributed by atoms with Gasteiger partial charge in [-0.15, -0.1) is 0 Å². The van der Waals surface area contributed by atoms with E-state index in [1.165, 1.54) is 31.3 Å². The van der Waals surface area contributed by atoms with Gasteiger partial charge in [-0.05, 0) is 6.07 Å². The van der Waals surface area contributed by atoms with Crippen molar-refractivity contribution in [2.24, 2.45) is 0 Å². The summed E-state index contributed by atoms with van der Waals surface area (Å²) in [6, 6.07) is 5.71. The van der Waals surface area contributed by atoms with Gasteiger partial charge in [-0.25, -0.2) is 8.78 Å². The normalized spacial score (nSPS) is 11.9. The first-order chi connectivity index (χ1) is 7.56. The van der Waals surface area contributed by atoms with Crippen molar-refractivity contribution in [1.82, 2.24) is 4.98 Å². The van der Waals surface area contributed by atoms with Crippen molar-refractivity contribution in [3.05, 3.63) is 46.2 Å². The van der Waals surface area contributed by atoms with E-state index in [2.05, 4.69) is 4.98 Å². The highest BCUT2D eigenvalue weighted by Gasteiger charge is 2.31. The number of halogens is 2. The van der Waals surface area contributed by atoms with E-state index in [0.717, 1.165) is 0 Å². The smallest absolute Gasteiger partial charge is 0.275 e. The summed E-state index contributed by atoms with van der Waals surface area (Å²) in [4.78, 5) is 14.2. The fourth-order valence-electron chi connectivity index (χ4n) is 1.70. The lowest BCUT2D eigenvalue weighted by Crippen LogP contribution is -2.14. The van der Waals surface area contributed by atoms with E-state index in [0.29, 0.717) is 5.39 Å². The van der Waals surface area contributed by atoms with Crippen LogP contribution in [0.25, 0.3) is 10.9 Å². The second kappa shape index (κ2) is 3.70. The van der Waals surface area contributed by atoms with E-state index in [1.54, 1.807) is 6.07 Å². The third-order valence-electron chi connectivity index (χ3n) is 2.63. The van der Waals surface area contributed by atoms with Crippen molar-refractivity contribution in [3.63, 3.8) is 0 Å². The van der Waals surface area contributed by atoms with Gasteiger partial charge in [-0.2, -0.15) is 0 Å². The molecule has 1 aromatic carbocycles. The summed E-state index contributed by atoms with van der Waals surface area (Å²) < 4.78 is 27.2. The maximum absolute atomic E-state index is 13.6. The van der Waals surface area contributed by atoms with Crippen LogP contribution >= 0.6 is 0 Å². The predicted molar refractivity (Wildman–Crippen MR) is 58.8 cm³/mol. The summed E-state index contributed by atoms with van der Waals surface area (Å²) in [7, 11) is 0. The Hall–Kier alpha value is -1.71. The predicted octanol–water partition coefficient (Wildman–Crippen LogP) is 3.03. The highest BCUT2D eigenvalue weighted by Crippen LogP contribution is 2.34. The molecule has 4 heteroatoms. The molecule has 0 saturated carbocycles. The Labute approximate surface area is 90.9 Å². The summed E-state index contributed by atoms with van der Waals surface area (Å²) in [6.45, 7) is 1.42. The molecule has 2 rings (SSSR count). The number of pyridine rings is 1. The molecular formula is C12H11F2NO. The summed E-state index contributed by atoms with van der Waals surface area (Å²) in [5.41, 5.74) is -0.144. The van der Waals surface area contributed by atoms with Crippen LogP contribution in [0, 0.1) is 0 Å². The molecule has 1 heterocycles. The molecule has 0 atom stereocenters. The van der Waals surface area contributed by atoms with E-state index in [4.69, 9.17) is 0 Å². The van der Waals surface area contributed by atoms with Gasteiger partial charge in [0, 0.05) is 29.6 Å². The molecule has 1 aromatic heterocycles. The maximum atomic E-state index is 13.6. The van der Waals surface area contributed by atoms with Gasteiger partial charge in [0.2, 0.25) is 0 Å². The molecule has 0 aliphatic rings. The van der Waals surface area contributed by atoms with Gasteiger partial charge in [0.25, 0.3) is 5.92 Å². The molecule has 1 N–H and O–H groups in total. The second-order valence-corrected chi connectivity index (χ2v) is 3.63. The largest absolute Gasteiger partial charge is 0.361 e. The average molecular weight is 223 g/mol. The SMILES string of the molecule is CCC(F)(F)c1cccc2c(=O)cc[nH]c12. The molecule has 0 bridgehead atoms. The van der Waals surface area contributed by atoms with Crippen LogP contribution < -0.4 is 5.43 Å². The molecule has 0 spiro atoms. The standard InChI is InChI=1S/C12H11F2NO/c1-2-12(13,14)9-5-3-4-8-10(16)6-7-15-11(8)9/h3-7H,2H2,1H3,(H,15,16). The molecule has 0 aliphatic heterocycles. The van der Waals surface area contributed by atoms with Gasteiger partial charge >= 0.3 is 0 Å². The van der Waals surface area contributed by atoms with Crippen LogP contribution in [-0.4, -0.2) is 4.98 Å². The average Bonchev–Trinajstić information content (AvgIpc) is 2.29. The first kappa shape index (κ1) is 10.8. The zero-order valence-corrected chi connectivity index (χ0v) is 8.76. The first-order valence-electron chi connectivity index (χ1n) is 5.05. The summed E-state index contributed by atoms with van der Waals surface area (Å²) >= 11 is 0. The van der Waals surface area contributed by atoms with Crippen LogP contribution in [0.1, 0.15) is 18.9 Å². The zero-order valence-electron chi connectivity index (χ0n) is 8.76. The minimum atomic E-state index is -2.91. The maximum Gasteiger partial charge on any atom is 0.275 e. The highest BCUT2D eigenvalue weighted by atomic mass is 19.3. The lowest BCUT2D eigenvalue weighted by atomic mass is 10.0. The van der Waals surface area contributed by atoms with E-state index in [1.807, 2.05) is 0 Å². The molecule has 2 nitrogen and oxygen atoms in total. The van der Waals surface area contributed by atoms with E-state index in [9.17, 15) is 13.6 Å². The van der Waals surface area contributed by atoms with Crippen molar-refractivity contribution in [2.45, 2.75) is 19.3 Å². The van der Waals surface area contributed by atoms with Crippen LogP contribution in [0.5, 0.6) is 0 Å². The van der Waals surface area contributed by atoms with Crippen molar-refractivity contribution < 1.29 is 8.78 Å². The number of aromatic amines is 1. The molecule has 0 aliphatic carbocycles. The second-order valence-electron chi connectivity index (χ2n) is 3.63. The van der Waals surface area contributed by atoms with E-state index >= 15 is 0 Å². The number of para-hydroxylation sites is 1. The van der Waals surface area contributed by atoms with Gasteiger partial charge in [-0.1, -0.05) is 19.1 Å². The van der Waals surface area contributed by atoms with Crippen LogP contribution in [-0.2, 0) is 5.92 Å². The molecule has 84 valence electrons. The number of rotatable bonds is 2. The quantitative estimate of drug-likeness (QED) is 0.833. The van der Waals surface area contributed by atoms with Gasteiger partial charge in [0.15, 0.2) is 5.43 Å². The minimum Gasteiger partial charge on any atom is -0.361 e. The lowest BCUT2D eigenvalue weighted by molar-refractivity contribution is -0.00690. The van der Waals surface area contributed by atoms with Crippen molar-refractivity contribution >= 4 is 10.9 Å². The van der Waals surface area contributed by atoms with Crippen LogP contribution in [0.3, 0.4) is 0 Å². The molecule has 0 radical (unpaired) electrons. The highest BCUT2D eigenvalue weighted by molar-refractivity contribution is 5.82. The number of benzene rings is 1. The number of nitrogens with one attached hydrogen (secondary N) is 1. The van der Waals surface area contributed by atoms with Crippen molar-refractivity contribution in [2.75, 3.05) is 0 Å². The number of hydrogen-bond acceptors (Lipinski definition) is 1. The summed E-state index contributed by atoms with van der Waals surface area (Å²) in [5, 5.41) is 0.299. The lowest BCUT2D eigenvalue weighted by Gasteiger charge is -2.16. The monoisotopic (exact) mass is 223 g/mol. The van der Waals surface area contributed by atoms with Gasteiger partial charge in [0.05, 0.1) is 5.52 Å². The van der Waals surface area contributed by atoms with Gasteiger partial charge < -0.3 is 4.98 Å². The fourth-order valence-corrected chi connectivity index (χ4v) is 1.70. The topological polar surface area (TPSA) is 32.9 Å². The third-order valence-corrected chi connectivity index (χ3v) is 2.63. The Bertz CT molecular complexity index is 574. The molecule has 0 saturated heterocycles. The number of hydrogen-bond donors (Lipinski definition) is 1. The zero-order chi connectivity index (χ0) is 11.8. The Kier molecular flexibility index (Phi) is 2.50. The fraction of sp³-hybridized carbons (Fsp3) is 0.250. The van der Waals surface area contributed by atoms with Crippen molar-refractivity contribution in [1.29, 1.82) is 0 Å². The van der Waals surface area contributed by atoms with E-state index in [-0.39, 0.29) is 22.9 Å². The van der Waals surface area contributed by atoms with Crippen molar-refractivity contribution in [3.8, 4) is 0 Å². The van der Waals surface area contributed by atoms with Crippen LogP contribution in [0.15, 0.2) is 35.3 Å². The van der Waals surface area contributed by atoms with Gasteiger partial charge in [0.1, 0.15) is 0 Å². The number of H-pyrrole nitrogens is 1. The number of alkyl halides is 2.